The molecule has 1 aliphatic rings. The second-order valence-corrected chi connectivity index (χ2v) is 9.52. The Morgan fingerprint density at radius 3 is 2.47 bits per heavy atom. The maximum Gasteiger partial charge on any atom is 0.243 e. The summed E-state index contributed by atoms with van der Waals surface area (Å²) < 4.78 is 39.8. The van der Waals surface area contributed by atoms with E-state index >= 15 is 0 Å². The van der Waals surface area contributed by atoms with Crippen LogP contribution in [0.1, 0.15) is 18.4 Å². The molecule has 0 spiro atoms. The number of phenolic OH excluding ortho intramolecular Hbond substituents is 1. The Bertz CT molecular complexity index is 1270. The van der Waals surface area contributed by atoms with Gasteiger partial charge in [-0.3, -0.25) is 4.79 Å². The Balaban J connectivity index is 1.37. The number of aromatic hydroxyl groups is 1. The zero-order valence-corrected chi connectivity index (χ0v) is 17.9. The predicted octanol–water partition coefficient (Wildman–Crippen LogP) is 3.24. The number of phenols is 1. The maximum atomic E-state index is 13.1. The van der Waals surface area contributed by atoms with E-state index in [2.05, 4.69) is 10.5 Å². The van der Waals surface area contributed by atoms with Crippen LogP contribution >= 0.6 is 0 Å². The minimum Gasteiger partial charge on any atom is -0.507 e. The van der Waals surface area contributed by atoms with Crippen LogP contribution in [0.5, 0.6) is 5.75 Å². The fraction of sp³-hybridized carbons (Fsp3) is 0.217. The Morgan fingerprint density at radius 1 is 1.06 bits per heavy atom. The molecule has 9 heteroatoms. The van der Waals surface area contributed by atoms with Crippen molar-refractivity contribution >= 4 is 32.9 Å². The number of carbonyl (C=O) groups excluding carboxylic acids is 1. The van der Waals surface area contributed by atoms with Crippen molar-refractivity contribution in [3.8, 4) is 5.75 Å². The van der Waals surface area contributed by atoms with Crippen molar-refractivity contribution in [2.24, 2.45) is 11.0 Å². The first-order valence-electron chi connectivity index (χ1n) is 10.2. The van der Waals surface area contributed by atoms with Gasteiger partial charge in [-0.2, -0.15) is 9.41 Å². The summed E-state index contributed by atoms with van der Waals surface area (Å²) in [6.45, 7) is 0.372. The number of piperidine rings is 1. The summed E-state index contributed by atoms with van der Waals surface area (Å²) in [4.78, 5) is 12.5. The molecule has 1 aliphatic heterocycles. The van der Waals surface area contributed by atoms with Crippen LogP contribution in [-0.4, -0.2) is 43.0 Å². The number of sulfonamides is 1. The molecule has 1 saturated heterocycles. The van der Waals surface area contributed by atoms with E-state index in [0.29, 0.717) is 18.4 Å². The van der Waals surface area contributed by atoms with Crippen LogP contribution in [0, 0.1) is 11.7 Å². The molecule has 0 saturated carbocycles. The largest absolute Gasteiger partial charge is 0.507 e. The number of carbonyl (C=O) groups is 1. The SMILES string of the molecule is O=C(N/N=C\c1c(O)ccc2ccccc12)C1CCN(S(=O)(=O)c2ccc(F)cc2)CC1. The zero-order valence-electron chi connectivity index (χ0n) is 17.1. The molecule has 4 rings (SSSR count). The van der Waals surface area contributed by atoms with Crippen LogP contribution in [0.15, 0.2) is 70.7 Å². The number of hydrogen-bond acceptors (Lipinski definition) is 5. The molecule has 0 bridgehead atoms. The smallest absolute Gasteiger partial charge is 0.243 e. The van der Waals surface area contributed by atoms with Crippen LogP contribution < -0.4 is 5.43 Å². The summed E-state index contributed by atoms with van der Waals surface area (Å²) in [6, 6.07) is 15.6. The van der Waals surface area contributed by atoms with E-state index in [9.17, 15) is 22.7 Å². The third kappa shape index (κ3) is 4.49. The summed E-state index contributed by atoms with van der Waals surface area (Å²) in [7, 11) is -3.73. The highest BCUT2D eigenvalue weighted by Gasteiger charge is 2.32. The van der Waals surface area contributed by atoms with E-state index < -0.39 is 15.8 Å². The van der Waals surface area contributed by atoms with Gasteiger partial charge in [-0.05, 0) is 53.9 Å². The number of hydrogen-bond donors (Lipinski definition) is 2. The fourth-order valence-electron chi connectivity index (χ4n) is 3.79. The van der Waals surface area contributed by atoms with E-state index in [0.717, 1.165) is 22.9 Å². The van der Waals surface area contributed by atoms with E-state index in [1.54, 1.807) is 12.1 Å². The van der Waals surface area contributed by atoms with Crippen LogP contribution in [0.25, 0.3) is 10.8 Å². The molecule has 7 nitrogen and oxygen atoms in total. The number of halogens is 1. The first-order valence-corrected chi connectivity index (χ1v) is 11.6. The third-order valence-electron chi connectivity index (χ3n) is 5.59. The normalized spacial score (nSPS) is 15.9. The Hall–Kier alpha value is -3.30. The molecule has 3 aromatic carbocycles. The van der Waals surface area contributed by atoms with Crippen molar-refractivity contribution < 1.29 is 22.7 Å². The van der Waals surface area contributed by atoms with Gasteiger partial charge in [0.15, 0.2) is 0 Å². The molecule has 0 unspecified atom stereocenters. The molecule has 0 radical (unpaired) electrons. The summed E-state index contributed by atoms with van der Waals surface area (Å²) in [5, 5.41) is 15.9. The van der Waals surface area contributed by atoms with Gasteiger partial charge in [0.05, 0.1) is 11.1 Å². The van der Waals surface area contributed by atoms with E-state index in [1.807, 2.05) is 24.3 Å². The number of rotatable bonds is 5. The van der Waals surface area contributed by atoms with Gasteiger partial charge in [-0.15, -0.1) is 0 Å². The lowest BCUT2D eigenvalue weighted by molar-refractivity contribution is -0.126. The maximum absolute atomic E-state index is 13.1. The molecule has 3 aromatic rings. The average molecular weight is 456 g/mol. The lowest BCUT2D eigenvalue weighted by atomic mass is 9.98. The number of nitrogens with one attached hydrogen (secondary N) is 1. The summed E-state index contributed by atoms with van der Waals surface area (Å²) >= 11 is 0. The first-order chi connectivity index (χ1) is 15.4. The predicted molar refractivity (Wildman–Crippen MR) is 119 cm³/mol. The quantitative estimate of drug-likeness (QED) is 0.456. The van der Waals surface area contributed by atoms with Gasteiger partial charge in [0, 0.05) is 24.6 Å². The zero-order chi connectivity index (χ0) is 22.7. The molecule has 166 valence electrons. The van der Waals surface area contributed by atoms with E-state index in [-0.39, 0.29) is 35.6 Å². The minimum absolute atomic E-state index is 0.0290. The van der Waals surface area contributed by atoms with Gasteiger partial charge in [0.25, 0.3) is 0 Å². The molecule has 1 fully saturated rings. The standard InChI is InChI=1S/C23H22FN3O4S/c24-18-6-8-19(9-7-18)32(30,31)27-13-11-17(12-14-27)23(29)26-25-15-21-20-4-2-1-3-16(20)5-10-22(21)28/h1-10,15,17,28H,11-14H2,(H,26,29)/b25-15-. The van der Waals surface area contributed by atoms with Gasteiger partial charge in [0.1, 0.15) is 11.6 Å². The molecule has 32 heavy (non-hydrogen) atoms. The molecule has 0 aromatic heterocycles. The Morgan fingerprint density at radius 2 is 1.75 bits per heavy atom. The molecule has 1 amide bonds. The van der Waals surface area contributed by atoms with Crippen molar-refractivity contribution in [3.05, 3.63) is 72.0 Å². The van der Waals surface area contributed by atoms with Crippen LogP contribution in [0.4, 0.5) is 4.39 Å². The highest BCUT2D eigenvalue weighted by Crippen LogP contribution is 2.26. The minimum atomic E-state index is -3.73. The molecule has 0 atom stereocenters. The average Bonchev–Trinajstić information content (AvgIpc) is 2.81. The van der Waals surface area contributed by atoms with Crippen LogP contribution in [0.2, 0.25) is 0 Å². The lowest BCUT2D eigenvalue weighted by Gasteiger charge is -2.30. The topological polar surface area (TPSA) is 99.1 Å². The van der Waals surface area contributed by atoms with Crippen molar-refractivity contribution in [3.63, 3.8) is 0 Å². The van der Waals surface area contributed by atoms with Gasteiger partial charge in [-0.25, -0.2) is 18.2 Å². The van der Waals surface area contributed by atoms with Crippen molar-refractivity contribution in [2.75, 3.05) is 13.1 Å². The van der Waals surface area contributed by atoms with E-state index in [1.165, 1.54) is 22.7 Å². The molecular weight excluding hydrogens is 433 g/mol. The highest BCUT2D eigenvalue weighted by atomic mass is 32.2. The van der Waals surface area contributed by atoms with Gasteiger partial charge in [0.2, 0.25) is 15.9 Å². The molecule has 1 heterocycles. The molecule has 0 aliphatic carbocycles. The number of amides is 1. The monoisotopic (exact) mass is 455 g/mol. The first kappa shape index (κ1) is 21.9. The number of benzene rings is 3. The van der Waals surface area contributed by atoms with Crippen LogP contribution in [-0.2, 0) is 14.8 Å². The summed E-state index contributed by atoms with van der Waals surface area (Å²) in [5.41, 5.74) is 3.00. The van der Waals surface area contributed by atoms with Crippen molar-refractivity contribution in [2.45, 2.75) is 17.7 Å². The number of nitrogens with zero attached hydrogens (tertiary/aromatic N) is 2. The Kier molecular flexibility index (Phi) is 6.20. The summed E-state index contributed by atoms with van der Waals surface area (Å²) in [5.74, 6) is -1.13. The third-order valence-corrected chi connectivity index (χ3v) is 7.51. The lowest BCUT2D eigenvalue weighted by Crippen LogP contribution is -2.42. The second-order valence-electron chi connectivity index (χ2n) is 7.59. The molecule has 2 N–H and O–H groups in total. The van der Waals surface area contributed by atoms with Crippen LogP contribution in [0.3, 0.4) is 0 Å². The Labute approximate surface area is 185 Å². The number of fused-ring (bicyclic) bond motifs is 1. The van der Waals surface area contributed by atoms with Gasteiger partial charge < -0.3 is 5.11 Å². The van der Waals surface area contributed by atoms with Gasteiger partial charge in [-0.1, -0.05) is 30.3 Å². The van der Waals surface area contributed by atoms with Gasteiger partial charge >= 0.3 is 0 Å². The molecular formula is C23H22FN3O4S. The van der Waals surface area contributed by atoms with E-state index in [4.69, 9.17) is 0 Å². The highest BCUT2D eigenvalue weighted by molar-refractivity contribution is 7.89. The number of hydrazone groups is 1. The second kappa shape index (κ2) is 9.05. The summed E-state index contributed by atoms with van der Waals surface area (Å²) in [6.07, 6.45) is 2.10. The van der Waals surface area contributed by atoms with Crippen molar-refractivity contribution in [1.29, 1.82) is 0 Å². The van der Waals surface area contributed by atoms with Crippen molar-refractivity contribution in [1.82, 2.24) is 9.73 Å². The fourth-order valence-corrected chi connectivity index (χ4v) is 5.26.